The van der Waals surface area contributed by atoms with Crippen LogP contribution in [-0.4, -0.2) is 14.2 Å². The van der Waals surface area contributed by atoms with Gasteiger partial charge in [0.2, 0.25) is 0 Å². The maximum absolute atomic E-state index is 14.2. The fourth-order valence-corrected chi connectivity index (χ4v) is 2.51. The first kappa shape index (κ1) is 14.8. The lowest BCUT2D eigenvalue weighted by Gasteiger charge is -2.19. The highest BCUT2D eigenvalue weighted by Gasteiger charge is 2.18. The molecule has 1 atom stereocenters. The van der Waals surface area contributed by atoms with Gasteiger partial charge in [0.1, 0.15) is 11.6 Å². The van der Waals surface area contributed by atoms with Crippen molar-refractivity contribution in [2.24, 2.45) is 0 Å². The second-order valence-electron chi connectivity index (χ2n) is 4.59. The van der Waals surface area contributed by atoms with E-state index in [2.05, 4.69) is 5.32 Å². The number of aryl methyl sites for hydroxylation is 1. The molecule has 0 bridgehead atoms. The lowest BCUT2D eigenvalue weighted by atomic mass is 9.96. The Kier molecular flexibility index (Phi) is 4.63. The van der Waals surface area contributed by atoms with Crippen LogP contribution in [0.1, 0.15) is 22.7 Å². The minimum atomic E-state index is -0.387. The Morgan fingerprint density at radius 3 is 2.60 bits per heavy atom. The number of rotatable bonds is 4. The van der Waals surface area contributed by atoms with Crippen LogP contribution < -0.4 is 10.1 Å². The predicted octanol–water partition coefficient (Wildman–Crippen LogP) is 4.10. The molecule has 2 nitrogen and oxygen atoms in total. The summed E-state index contributed by atoms with van der Waals surface area (Å²) < 4.78 is 19.4. The van der Waals surface area contributed by atoms with Crippen LogP contribution in [0.25, 0.3) is 0 Å². The van der Waals surface area contributed by atoms with Crippen molar-refractivity contribution in [3.05, 3.63) is 63.9 Å². The molecule has 0 aliphatic heterocycles. The number of nitrogens with one attached hydrogen (secondary N) is 1. The van der Waals surface area contributed by atoms with Crippen molar-refractivity contribution >= 4 is 11.6 Å². The summed E-state index contributed by atoms with van der Waals surface area (Å²) in [5.74, 6) is 0.428. The van der Waals surface area contributed by atoms with E-state index in [1.165, 1.54) is 0 Å². The third kappa shape index (κ3) is 2.79. The van der Waals surface area contributed by atoms with Crippen LogP contribution in [0.2, 0.25) is 5.02 Å². The van der Waals surface area contributed by atoms with Crippen molar-refractivity contribution in [2.75, 3.05) is 14.2 Å². The van der Waals surface area contributed by atoms with Gasteiger partial charge in [0.15, 0.2) is 0 Å². The number of benzene rings is 2. The van der Waals surface area contributed by atoms with Crippen LogP contribution >= 0.6 is 11.6 Å². The summed E-state index contributed by atoms with van der Waals surface area (Å²) in [6, 6.07) is 10.6. The van der Waals surface area contributed by atoms with Crippen LogP contribution in [-0.2, 0) is 0 Å². The highest BCUT2D eigenvalue weighted by Crippen LogP contribution is 2.30. The molecule has 0 saturated heterocycles. The van der Waals surface area contributed by atoms with Gasteiger partial charge in [-0.15, -0.1) is 0 Å². The summed E-state index contributed by atoms with van der Waals surface area (Å²) in [5, 5.41) is 3.26. The van der Waals surface area contributed by atoms with Gasteiger partial charge < -0.3 is 10.1 Å². The standard InChI is InChI=1S/C16H17ClFNO/c1-10-9-11(7-8-14(10)20-3)16(19-2)12-5-4-6-13(17)15(12)18/h4-9,16,19H,1-3H3. The first-order valence-electron chi connectivity index (χ1n) is 6.34. The van der Waals surface area contributed by atoms with Gasteiger partial charge in [0, 0.05) is 5.56 Å². The predicted molar refractivity (Wildman–Crippen MR) is 80.0 cm³/mol. The molecule has 0 amide bonds. The molecule has 0 radical (unpaired) electrons. The van der Waals surface area contributed by atoms with E-state index in [4.69, 9.17) is 16.3 Å². The van der Waals surface area contributed by atoms with Crippen molar-refractivity contribution in [1.82, 2.24) is 5.32 Å². The van der Waals surface area contributed by atoms with Crippen molar-refractivity contribution in [2.45, 2.75) is 13.0 Å². The molecular formula is C16H17ClFNO. The summed E-state index contributed by atoms with van der Waals surface area (Å²) in [6.45, 7) is 1.96. The van der Waals surface area contributed by atoms with Gasteiger partial charge in [0.05, 0.1) is 18.2 Å². The third-order valence-corrected chi connectivity index (χ3v) is 3.63. The third-order valence-electron chi connectivity index (χ3n) is 3.33. The average molecular weight is 294 g/mol. The summed E-state index contributed by atoms with van der Waals surface area (Å²) in [6.07, 6.45) is 0. The molecule has 0 aliphatic carbocycles. The molecule has 20 heavy (non-hydrogen) atoms. The van der Waals surface area contributed by atoms with Crippen molar-refractivity contribution in [3.63, 3.8) is 0 Å². The monoisotopic (exact) mass is 293 g/mol. The smallest absolute Gasteiger partial charge is 0.146 e. The second kappa shape index (κ2) is 6.25. The van der Waals surface area contributed by atoms with Crippen LogP contribution in [0.5, 0.6) is 5.75 Å². The Morgan fingerprint density at radius 1 is 1.25 bits per heavy atom. The highest BCUT2D eigenvalue weighted by molar-refractivity contribution is 6.30. The minimum Gasteiger partial charge on any atom is -0.496 e. The van der Waals surface area contributed by atoms with E-state index in [0.29, 0.717) is 5.56 Å². The molecule has 0 aromatic heterocycles. The van der Waals surface area contributed by atoms with E-state index in [-0.39, 0.29) is 16.9 Å². The average Bonchev–Trinajstić information content (AvgIpc) is 2.44. The van der Waals surface area contributed by atoms with Crippen molar-refractivity contribution in [3.8, 4) is 5.75 Å². The van der Waals surface area contributed by atoms with Gasteiger partial charge in [0.25, 0.3) is 0 Å². The van der Waals surface area contributed by atoms with E-state index in [1.54, 1.807) is 32.4 Å². The first-order valence-corrected chi connectivity index (χ1v) is 6.72. The van der Waals surface area contributed by atoms with E-state index >= 15 is 0 Å². The van der Waals surface area contributed by atoms with E-state index in [0.717, 1.165) is 16.9 Å². The zero-order valence-electron chi connectivity index (χ0n) is 11.7. The molecule has 0 saturated carbocycles. The Morgan fingerprint density at radius 2 is 2.00 bits per heavy atom. The lowest BCUT2D eigenvalue weighted by Crippen LogP contribution is -2.19. The van der Waals surface area contributed by atoms with E-state index in [9.17, 15) is 4.39 Å². The lowest BCUT2D eigenvalue weighted by molar-refractivity contribution is 0.411. The topological polar surface area (TPSA) is 21.3 Å². The van der Waals surface area contributed by atoms with Crippen LogP contribution in [0.4, 0.5) is 4.39 Å². The maximum Gasteiger partial charge on any atom is 0.146 e. The molecule has 0 heterocycles. The Balaban J connectivity index is 2.47. The molecule has 1 N–H and O–H groups in total. The largest absolute Gasteiger partial charge is 0.496 e. The zero-order chi connectivity index (χ0) is 14.7. The van der Waals surface area contributed by atoms with Crippen LogP contribution in [0.15, 0.2) is 36.4 Å². The van der Waals surface area contributed by atoms with E-state index in [1.807, 2.05) is 25.1 Å². The zero-order valence-corrected chi connectivity index (χ0v) is 12.5. The molecule has 2 rings (SSSR count). The number of methoxy groups -OCH3 is 1. The first-order chi connectivity index (χ1) is 9.58. The summed E-state index contributed by atoms with van der Waals surface area (Å²) >= 11 is 5.86. The van der Waals surface area contributed by atoms with Gasteiger partial charge in [-0.2, -0.15) is 0 Å². The van der Waals surface area contributed by atoms with Gasteiger partial charge >= 0.3 is 0 Å². The summed E-state index contributed by atoms with van der Waals surface area (Å²) in [7, 11) is 3.43. The normalized spacial score (nSPS) is 12.2. The molecule has 1 unspecified atom stereocenters. The van der Waals surface area contributed by atoms with Gasteiger partial charge in [-0.1, -0.05) is 35.9 Å². The molecule has 4 heteroatoms. The summed E-state index contributed by atoms with van der Waals surface area (Å²) in [4.78, 5) is 0. The fourth-order valence-electron chi connectivity index (χ4n) is 2.33. The summed E-state index contributed by atoms with van der Waals surface area (Å²) in [5.41, 5.74) is 2.50. The molecular weight excluding hydrogens is 277 g/mol. The van der Waals surface area contributed by atoms with Gasteiger partial charge in [-0.3, -0.25) is 0 Å². The molecule has 2 aromatic rings. The van der Waals surface area contributed by atoms with Crippen LogP contribution in [0.3, 0.4) is 0 Å². The van der Waals surface area contributed by atoms with E-state index < -0.39 is 0 Å². The molecule has 106 valence electrons. The molecule has 0 fully saturated rings. The number of hydrogen-bond donors (Lipinski definition) is 1. The Hall–Kier alpha value is -1.58. The fraction of sp³-hybridized carbons (Fsp3) is 0.250. The quantitative estimate of drug-likeness (QED) is 0.916. The number of halogens is 2. The molecule has 2 aromatic carbocycles. The van der Waals surface area contributed by atoms with Crippen LogP contribution in [0, 0.1) is 12.7 Å². The van der Waals surface area contributed by atoms with Gasteiger partial charge in [-0.05, 0) is 37.2 Å². The SMILES string of the molecule is CNC(c1ccc(OC)c(C)c1)c1cccc(Cl)c1F. The Bertz CT molecular complexity index is 615. The maximum atomic E-state index is 14.2. The number of ether oxygens (including phenoxy) is 1. The van der Waals surface area contributed by atoms with Gasteiger partial charge in [-0.25, -0.2) is 4.39 Å². The minimum absolute atomic E-state index is 0.132. The molecule has 0 spiro atoms. The number of hydrogen-bond acceptors (Lipinski definition) is 2. The second-order valence-corrected chi connectivity index (χ2v) is 5.00. The van der Waals surface area contributed by atoms with Crippen molar-refractivity contribution in [1.29, 1.82) is 0 Å². The molecule has 0 aliphatic rings. The highest BCUT2D eigenvalue weighted by atomic mass is 35.5. The van der Waals surface area contributed by atoms with Crippen molar-refractivity contribution < 1.29 is 9.13 Å². The Labute approximate surface area is 123 Å².